The van der Waals surface area contributed by atoms with Crippen LogP contribution in [-0.2, 0) is 27.2 Å². The molecule has 9 heteroatoms. The molecule has 30 heavy (non-hydrogen) atoms. The molecule has 9 nitrogen and oxygen atoms in total. The van der Waals surface area contributed by atoms with Crippen LogP contribution in [0.5, 0.6) is 5.75 Å². The van der Waals surface area contributed by atoms with E-state index in [1.807, 2.05) is 0 Å². The molecule has 1 amide bonds. The maximum absolute atomic E-state index is 12.4. The highest BCUT2D eigenvalue weighted by atomic mass is 16.5. The number of aryl methyl sites for hydroxylation is 2. The number of nitrogens with one attached hydrogen (secondary N) is 1. The summed E-state index contributed by atoms with van der Waals surface area (Å²) in [6, 6.07) is 1.89. The molecule has 0 fully saturated rings. The first-order valence-electron chi connectivity index (χ1n) is 9.68. The fourth-order valence-corrected chi connectivity index (χ4v) is 3.67. The lowest BCUT2D eigenvalue weighted by Crippen LogP contribution is -2.47. The summed E-state index contributed by atoms with van der Waals surface area (Å²) in [5, 5.41) is 20.8. The summed E-state index contributed by atoms with van der Waals surface area (Å²) in [6.45, 7) is 3.23. The molecule has 0 aliphatic heterocycles. The highest BCUT2D eigenvalue weighted by molar-refractivity contribution is 5.91. The minimum atomic E-state index is -1.57. The van der Waals surface area contributed by atoms with Gasteiger partial charge in [0.2, 0.25) is 0 Å². The van der Waals surface area contributed by atoms with Crippen LogP contribution in [0.3, 0.4) is 0 Å². The van der Waals surface area contributed by atoms with Crippen molar-refractivity contribution in [3.8, 4) is 5.75 Å². The third-order valence-corrected chi connectivity index (χ3v) is 5.10. The molecule has 2 atom stereocenters. The zero-order valence-electron chi connectivity index (χ0n) is 16.7. The van der Waals surface area contributed by atoms with Gasteiger partial charge < -0.3 is 24.7 Å². The first-order valence-corrected chi connectivity index (χ1v) is 9.68. The maximum atomic E-state index is 12.4. The summed E-state index contributed by atoms with van der Waals surface area (Å²) in [5.41, 5.74) is 2.24. The molecular weight excluding hydrogens is 394 g/mol. The molecule has 3 N–H and O–H groups in total. The Morgan fingerprint density at radius 3 is 2.47 bits per heavy atom. The fraction of sp³-hybridized carbons (Fsp3) is 0.429. The van der Waals surface area contributed by atoms with Crippen LogP contribution >= 0.6 is 0 Å². The largest absolute Gasteiger partial charge is 0.481 e. The molecule has 3 rings (SSSR count). The number of hydrogen-bond donors (Lipinski definition) is 3. The SMILES string of the molecule is Cc1cc(O[C@@H](C)C(=O)N[C@@H](CC(=O)O)C(=O)O)c2c3c(c(=O)oc2c1)CCCC3. The molecule has 1 heterocycles. The minimum absolute atomic E-state index is 0.361. The third kappa shape index (κ3) is 4.45. The Morgan fingerprint density at radius 1 is 1.17 bits per heavy atom. The number of benzene rings is 1. The van der Waals surface area contributed by atoms with Gasteiger partial charge >= 0.3 is 17.6 Å². The van der Waals surface area contributed by atoms with Crippen molar-refractivity contribution >= 4 is 28.8 Å². The number of carboxylic acid groups (broad SMARTS) is 2. The number of carbonyl (C=O) groups excluding carboxylic acids is 1. The number of amides is 1. The van der Waals surface area contributed by atoms with E-state index in [0.29, 0.717) is 35.1 Å². The van der Waals surface area contributed by atoms with E-state index in [0.717, 1.165) is 24.0 Å². The van der Waals surface area contributed by atoms with Crippen LogP contribution in [0.25, 0.3) is 11.0 Å². The quantitative estimate of drug-likeness (QED) is 0.579. The lowest BCUT2D eigenvalue weighted by Gasteiger charge is -2.21. The van der Waals surface area contributed by atoms with E-state index in [1.54, 1.807) is 19.1 Å². The van der Waals surface area contributed by atoms with Gasteiger partial charge in [-0.2, -0.15) is 0 Å². The van der Waals surface area contributed by atoms with Crippen molar-refractivity contribution in [1.82, 2.24) is 5.32 Å². The molecule has 160 valence electrons. The molecule has 1 aliphatic carbocycles. The van der Waals surface area contributed by atoms with Crippen molar-refractivity contribution in [2.75, 3.05) is 0 Å². The van der Waals surface area contributed by atoms with E-state index in [-0.39, 0.29) is 5.63 Å². The lowest BCUT2D eigenvalue weighted by molar-refractivity contribution is -0.147. The normalized spacial score (nSPS) is 15.1. The monoisotopic (exact) mass is 417 g/mol. The van der Waals surface area contributed by atoms with Gasteiger partial charge in [-0.1, -0.05) is 0 Å². The molecule has 0 saturated carbocycles. The van der Waals surface area contributed by atoms with Gasteiger partial charge in [-0.15, -0.1) is 0 Å². The van der Waals surface area contributed by atoms with E-state index in [4.69, 9.17) is 19.4 Å². The van der Waals surface area contributed by atoms with Crippen LogP contribution in [0.15, 0.2) is 21.3 Å². The summed E-state index contributed by atoms with van der Waals surface area (Å²) in [4.78, 5) is 46.8. The number of fused-ring (bicyclic) bond motifs is 3. The van der Waals surface area contributed by atoms with Crippen LogP contribution in [0.2, 0.25) is 0 Å². The molecule has 0 bridgehead atoms. The average molecular weight is 417 g/mol. The molecule has 1 aliphatic rings. The summed E-state index contributed by atoms with van der Waals surface area (Å²) < 4.78 is 11.3. The van der Waals surface area contributed by atoms with Crippen molar-refractivity contribution in [3.63, 3.8) is 0 Å². The number of rotatable bonds is 7. The Hall–Kier alpha value is -3.36. The zero-order valence-corrected chi connectivity index (χ0v) is 16.7. The van der Waals surface area contributed by atoms with Crippen LogP contribution in [0, 0.1) is 6.92 Å². The van der Waals surface area contributed by atoms with Crippen LogP contribution < -0.4 is 15.7 Å². The van der Waals surface area contributed by atoms with Gasteiger partial charge in [-0.25, -0.2) is 9.59 Å². The van der Waals surface area contributed by atoms with Gasteiger partial charge in [-0.3, -0.25) is 9.59 Å². The number of carboxylic acids is 2. The third-order valence-electron chi connectivity index (χ3n) is 5.10. The Labute approximate surface area is 171 Å². The lowest BCUT2D eigenvalue weighted by atomic mass is 9.90. The Morgan fingerprint density at radius 2 is 1.83 bits per heavy atom. The molecule has 0 radical (unpaired) electrons. The Balaban J connectivity index is 1.93. The molecule has 0 unspecified atom stereocenters. The van der Waals surface area contributed by atoms with E-state index >= 15 is 0 Å². The van der Waals surface area contributed by atoms with Gasteiger partial charge in [0, 0.05) is 5.56 Å². The summed E-state index contributed by atoms with van der Waals surface area (Å²) in [5.74, 6) is -3.19. The second kappa shape index (κ2) is 8.56. The summed E-state index contributed by atoms with van der Waals surface area (Å²) >= 11 is 0. The van der Waals surface area contributed by atoms with Crippen LogP contribution in [0.4, 0.5) is 0 Å². The second-order valence-corrected chi connectivity index (χ2v) is 7.45. The number of carbonyl (C=O) groups is 3. The molecule has 1 aromatic carbocycles. The predicted octanol–water partition coefficient (Wildman–Crippen LogP) is 1.79. The van der Waals surface area contributed by atoms with Gasteiger partial charge in [0.15, 0.2) is 6.10 Å². The van der Waals surface area contributed by atoms with Gasteiger partial charge in [0.05, 0.1) is 11.8 Å². The summed E-state index contributed by atoms with van der Waals surface area (Å²) in [6.07, 6.45) is 1.27. The van der Waals surface area contributed by atoms with Crippen molar-refractivity contribution in [2.45, 2.75) is 58.1 Å². The average Bonchev–Trinajstić information content (AvgIpc) is 2.66. The van der Waals surface area contributed by atoms with Crippen LogP contribution in [0.1, 0.15) is 42.9 Å². The molecule has 0 spiro atoms. The van der Waals surface area contributed by atoms with Crippen molar-refractivity contribution in [3.05, 3.63) is 39.2 Å². The smallest absolute Gasteiger partial charge is 0.339 e. The maximum Gasteiger partial charge on any atom is 0.339 e. The van der Waals surface area contributed by atoms with Crippen molar-refractivity contribution in [1.29, 1.82) is 0 Å². The summed E-state index contributed by atoms with van der Waals surface area (Å²) in [7, 11) is 0. The first kappa shape index (κ1) is 21.4. The number of ether oxygens (including phenoxy) is 1. The standard InChI is InChI=1S/C21H23NO8/c1-10-7-15(29-11(2)19(25)22-14(20(26)27)9-17(23)24)18-12-5-3-4-6-13(12)21(28)30-16(18)8-10/h7-8,11,14H,3-6,9H2,1-2H3,(H,22,25)(H,23,24)(H,26,27)/t11-,14-/m0/s1. The van der Waals surface area contributed by atoms with Crippen molar-refractivity contribution in [2.24, 2.45) is 0 Å². The molecule has 0 saturated heterocycles. The predicted molar refractivity (Wildman–Crippen MR) is 106 cm³/mol. The minimum Gasteiger partial charge on any atom is -0.481 e. The Kier molecular flexibility index (Phi) is 6.09. The van der Waals surface area contributed by atoms with E-state index in [1.165, 1.54) is 6.92 Å². The first-order chi connectivity index (χ1) is 14.2. The van der Waals surface area contributed by atoms with Crippen LogP contribution in [-0.4, -0.2) is 40.2 Å². The van der Waals surface area contributed by atoms with E-state index in [2.05, 4.69) is 5.32 Å². The topological polar surface area (TPSA) is 143 Å². The van der Waals surface area contributed by atoms with E-state index < -0.39 is 36.4 Å². The highest BCUT2D eigenvalue weighted by Crippen LogP contribution is 2.35. The van der Waals surface area contributed by atoms with Crippen molar-refractivity contribution < 1.29 is 33.8 Å². The number of hydrogen-bond acceptors (Lipinski definition) is 6. The molecule has 1 aromatic heterocycles. The molecule has 2 aromatic rings. The zero-order chi connectivity index (χ0) is 22.0. The molecular formula is C21H23NO8. The highest BCUT2D eigenvalue weighted by Gasteiger charge is 2.27. The second-order valence-electron chi connectivity index (χ2n) is 7.45. The fourth-order valence-electron chi connectivity index (χ4n) is 3.67. The van der Waals surface area contributed by atoms with E-state index in [9.17, 15) is 19.2 Å². The Bertz CT molecular complexity index is 1070. The van der Waals surface area contributed by atoms with Gasteiger partial charge in [-0.05, 0) is 62.8 Å². The van der Waals surface area contributed by atoms with Gasteiger partial charge in [0.25, 0.3) is 5.91 Å². The number of aliphatic carboxylic acids is 2. The van der Waals surface area contributed by atoms with Gasteiger partial charge in [0.1, 0.15) is 17.4 Å².